The molecule has 3 rings (SSSR count). The van der Waals surface area contributed by atoms with Gasteiger partial charge in [0, 0.05) is 51.0 Å². The topological polar surface area (TPSA) is 107 Å². The summed E-state index contributed by atoms with van der Waals surface area (Å²) >= 11 is 0. The van der Waals surface area contributed by atoms with Crippen LogP contribution in [-0.2, 0) is 14.3 Å². The highest BCUT2D eigenvalue weighted by Crippen LogP contribution is 2.28. The number of carboxylic acid groups (broad SMARTS) is 2. The molecular weight excluding hydrogens is 400 g/mol. The third kappa shape index (κ3) is 7.48. The number of ether oxygens (including phenoxy) is 1. The predicted octanol–water partition coefficient (Wildman–Crippen LogP) is 2.50. The monoisotopic (exact) mass is 432 g/mol. The second-order valence-corrected chi connectivity index (χ2v) is 7.88. The summed E-state index contributed by atoms with van der Waals surface area (Å²) in [7, 11) is 3.68. The summed E-state index contributed by atoms with van der Waals surface area (Å²) in [6, 6.07) is 10.3. The molecule has 1 saturated heterocycles. The van der Waals surface area contributed by atoms with Crippen LogP contribution in [0.1, 0.15) is 42.5 Å². The van der Waals surface area contributed by atoms with Crippen LogP contribution in [0, 0.1) is 0 Å². The van der Waals surface area contributed by atoms with Gasteiger partial charge in [-0.3, -0.25) is 9.69 Å². The molecule has 2 N–H and O–H groups in total. The first-order chi connectivity index (χ1) is 14.8. The molecule has 8 heteroatoms. The Morgan fingerprint density at radius 2 is 1.58 bits per heavy atom. The molecule has 1 amide bonds. The van der Waals surface area contributed by atoms with E-state index in [1.165, 1.54) is 32.1 Å². The lowest BCUT2D eigenvalue weighted by Gasteiger charge is -2.31. The number of aliphatic carboxylic acids is 2. The molecule has 31 heavy (non-hydrogen) atoms. The summed E-state index contributed by atoms with van der Waals surface area (Å²) in [4.78, 5) is 36.3. The van der Waals surface area contributed by atoms with Gasteiger partial charge >= 0.3 is 11.9 Å². The summed E-state index contributed by atoms with van der Waals surface area (Å²) in [6.07, 6.45) is 7.84. The van der Waals surface area contributed by atoms with Crippen molar-refractivity contribution in [3.63, 3.8) is 0 Å². The van der Waals surface area contributed by atoms with Crippen molar-refractivity contribution in [2.45, 2.75) is 50.3 Å². The smallest absolute Gasteiger partial charge is 0.328 e. The fourth-order valence-electron chi connectivity index (χ4n) is 4.21. The van der Waals surface area contributed by atoms with E-state index in [4.69, 9.17) is 14.9 Å². The Morgan fingerprint density at radius 3 is 2.10 bits per heavy atom. The van der Waals surface area contributed by atoms with Gasteiger partial charge in [-0.15, -0.1) is 0 Å². The van der Waals surface area contributed by atoms with Crippen molar-refractivity contribution < 1.29 is 29.3 Å². The largest absolute Gasteiger partial charge is 0.478 e. The fraction of sp³-hybridized carbons (Fsp3) is 0.522. The Hall–Kier alpha value is -2.71. The van der Waals surface area contributed by atoms with Crippen molar-refractivity contribution in [3.8, 4) is 0 Å². The standard InChI is InChI=1S/C19H28N2O2.C4H4O4/c1-20(19(22)15-9-5-3-6-10-15)17-13-21(14-18(17)23-2)16-11-7-4-8-12-16;5-3(6)1-2-4(7)8/h3,5-6,9-10,16-18H,4,7-8,11-14H2,1-2H3;1-2H,(H,5,6)(H,7,8)/b;2-1+. The number of hydrogen-bond donors (Lipinski definition) is 2. The molecule has 0 spiro atoms. The van der Waals surface area contributed by atoms with Crippen molar-refractivity contribution in [3.05, 3.63) is 48.0 Å². The first-order valence-corrected chi connectivity index (χ1v) is 10.6. The number of benzene rings is 1. The van der Waals surface area contributed by atoms with Gasteiger partial charge in [0.1, 0.15) is 0 Å². The predicted molar refractivity (Wildman–Crippen MR) is 116 cm³/mol. The first kappa shape index (κ1) is 24.6. The maximum Gasteiger partial charge on any atom is 0.328 e. The number of likely N-dealkylation sites (tertiary alicyclic amines) is 1. The molecule has 1 aliphatic carbocycles. The van der Waals surface area contributed by atoms with Crippen LogP contribution in [0.2, 0.25) is 0 Å². The SMILES string of the molecule is COC1CN(C2CCCCC2)CC1N(C)C(=O)c1ccccc1.O=C(O)/C=C/C(=O)O. The summed E-state index contributed by atoms with van der Waals surface area (Å²) in [5.74, 6) is -2.43. The Bertz CT molecular complexity index is 745. The maximum absolute atomic E-state index is 12.7. The summed E-state index contributed by atoms with van der Waals surface area (Å²) < 4.78 is 5.72. The number of amides is 1. The number of likely N-dealkylation sites (N-methyl/N-ethyl adjacent to an activating group) is 1. The van der Waals surface area contributed by atoms with E-state index in [1.54, 1.807) is 7.11 Å². The van der Waals surface area contributed by atoms with E-state index in [0.29, 0.717) is 18.2 Å². The number of carbonyl (C=O) groups excluding carboxylic acids is 1. The summed E-state index contributed by atoms with van der Waals surface area (Å²) in [6.45, 7) is 1.87. The van der Waals surface area contributed by atoms with Gasteiger partial charge in [0.2, 0.25) is 0 Å². The van der Waals surface area contributed by atoms with Crippen LogP contribution in [0.3, 0.4) is 0 Å². The fourth-order valence-corrected chi connectivity index (χ4v) is 4.21. The molecule has 1 aliphatic heterocycles. The molecule has 0 radical (unpaired) electrons. The number of carbonyl (C=O) groups is 3. The number of hydrogen-bond acceptors (Lipinski definition) is 5. The van der Waals surface area contributed by atoms with E-state index in [0.717, 1.165) is 18.7 Å². The zero-order valence-corrected chi connectivity index (χ0v) is 18.1. The lowest BCUT2D eigenvalue weighted by Crippen LogP contribution is -2.45. The van der Waals surface area contributed by atoms with Crippen LogP contribution in [0.15, 0.2) is 42.5 Å². The average Bonchev–Trinajstić information content (AvgIpc) is 3.23. The van der Waals surface area contributed by atoms with Crippen LogP contribution < -0.4 is 0 Å². The molecule has 1 aromatic carbocycles. The number of rotatable bonds is 6. The lowest BCUT2D eigenvalue weighted by molar-refractivity contribution is -0.134. The Morgan fingerprint density at radius 1 is 1.00 bits per heavy atom. The maximum atomic E-state index is 12.7. The van der Waals surface area contributed by atoms with Crippen molar-refractivity contribution in [2.75, 3.05) is 27.2 Å². The Balaban J connectivity index is 0.000000366. The minimum absolute atomic E-state index is 0.0862. The molecule has 8 nitrogen and oxygen atoms in total. The minimum Gasteiger partial charge on any atom is -0.478 e. The second-order valence-electron chi connectivity index (χ2n) is 7.88. The van der Waals surface area contributed by atoms with Crippen LogP contribution in [0.25, 0.3) is 0 Å². The molecule has 2 fully saturated rings. The van der Waals surface area contributed by atoms with Crippen LogP contribution >= 0.6 is 0 Å². The van der Waals surface area contributed by atoms with Crippen molar-refractivity contribution in [1.29, 1.82) is 0 Å². The van der Waals surface area contributed by atoms with E-state index in [-0.39, 0.29) is 18.1 Å². The third-order valence-electron chi connectivity index (χ3n) is 5.87. The summed E-state index contributed by atoms with van der Waals surface area (Å²) in [5.41, 5.74) is 0.751. The molecule has 1 heterocycles. The van der Waals surface area contributed by atoms with Gasteiger partial charge < -0.3 is 19.8 Å². The van der Waals surface area contributed by atoms with Crippen LogP contribution in [-0.4, -0.2) is 83.3 Å². The van der Waals surface area contributed by atoms with Gasteiger partial charge in [-0.2, -0.15) is 0 Å². The number of carboxylic acids is 2. The quantitative estimate of drug-likeness (QED) is 0.665. The van der Waals surface area contributed by atoms with Crippen molar-refractivity contribution in [2.24, 2.45) is 0 Å². The normalized spacial score (nSPS) is 22.0. The van der Waals surface area contributed by atoms with E-state index >= 15 is 0 Å². The summed E-state index contributed by atoms with van der Waals surface area (Å²) in [5, 5.41) is 15.6. The van der Waals surface area contributed by atoms with Crippen LogP contribution in [0.4, 0.5) is 0 Å². The molecule has 170 valence electrons. The molecule has 0 aromatic heterocycles. The van der Waals surface area contributed by atoms with E-state index in [1.807, 2.05) is 42.3 Å². The van der Waals surface area contributed by atoms with E-state index < -0.39 is 11.9 Å². The zero-order valence-electron chi connectivity index (χ0n) is 18.1. The average molecular weight is 433 g/mol. The van der Waals surface area contributed by atoms with Gasteiger partial charge in [-0.25, -0.2) is 9.59 Å². The van der Waals surface area contributed by atoms with Crippen molar-refractivity contribution >= 4 is 17.8 Å². The number of methoxy groups -OCH3 is 1. The molecule has 2 unspecified atom stereocenters. The van der Waals surface area contributed by atoms with Crippen molar-refractivity contribution in [1.82, 2.24) is 9.80 Å². The molecule has 2 aliphatic rings. The Kier molecular flexibility index (Phi) is 9.68. The van der Waals surface area contributed by atoms with E-state index in [9.17, 15) is 14.4 Å². The molecule has 1 saturated carbocycles. The van der Waals surface area contributed by atoms with Crippen LogP contribution in [0.5, 0.6) is 0 Å². The van der Waals surface area contributed by atoms with E-state index in [2.05, 4.69) is 4.90 Å². The molecule has 0 bridgehead atoms. The highest BCUT2D eigenvalue weighted by Gasteiger charge is 2.40. The number of nitrogens with zero attached hydrogens (tertiary/aromatic N) is 2. The highest BCUT2D eigenvalue weighted by atomic mass is 16.5. The highest BCUT2D eigenvalue weighted by molar-refractivity contribution is 5.94. The van der Waals surface area contributed by atoms with Gasteiger partial charge in [-0.05, 0) is 25.0 Å². The molecular formula is C23H32N2O6. The first-order valence-electron chi connectivity index (χ1n) is 10.6. The zero-order chi connectivity index (χ0) is 22.8. The molecule has 1 aromatic rings. The molecule has 2 atom stereocenters. The van der Waals surface area contributed by atoms with Gasteiger partial charge in [0.15, 0.2) is 0 Å². The Labute approximate surface area is 183 Å². The third-order valence-corrected chi connectivity index (χ3v) is 5.87. The lowest BCUT2D eigenvalue weighted by atomic mass is 9.94. The minimum atomic E-state index is -1.26. The second kappa shape index (κ2) is 12.2. The van der Waals surface area contributed by atoms with Gasteiger partial charge in [0.05, 0.1) is 12.1 Å². The van der Waals surface area contributed by atoms with Gasteiger partial charge in [0.25, 0.3) is 5.91 Å². The van der Waals surface area contributed by atoms with Gasteiger partial charge in [-0.1, -0.05) is 37.5 Å².